The zero-order chi connectivity index (χ0) is 28.7. The van der Waals surface area contributed by atoms with Gasteiger partial charge in [-0.1, -0.05) is 18.2 Å². The molecular weight excluding hydrogens is 523 g/mol. The Morgan fingerprint density at radius 3 is 2.76 bits per heavy atom. The fraction of sp³-hybridized carbons (Fsp3) is 0.406. The summed E-state index contributed by atoms with van der Waals surface area (Å²) in [6.07, 6.45) is 7.51. The minimum atomic E-state index is -0.540. The van der Waals surface area contributed by atoms with Crippen LogP contribution in [0.1, 0.15) is 40.7 Å². The van der Waals surface area contributed by atoms with Gasteiger partial charge >= 0.3 is 0 Å². The third-order valence-electron chi connectivity index (χ3n) is 8.67. The molecule has 0 radical (unpaired) electrons. The average molecular weight is 559 g/mol. The minimum Gasteiger partial charge on any atom is -0.451 e. The Morgan fingerprint density at radius 2 is 1.93 bits per heavy atom. The monoisotopic (exact) mass is 558 g/mol. The molecule has 1 atom stereocenters. The first-order valence-corrected chi connectivity index (χ1v) is 14.2. The van der Waals surface area contributed by atoms with Crippen molar-refractivity contribution in [3.05, 3.63) is 82.5 Å². The second-order valence-electron chi connectivity index (χ2n) is 11.9. The molecule has 214 valence electrons. The number of likely N-dealkylation sites (tertiary alicyclic amines) is 2. The van der Waals surface area contributed by atoms with Gasteiger partial charge in [-0.25, -0.2) is 4.39 Å². The topological polar surface area (TPSA) is 82.2 Å². The summed E-state index contributed by atoms with van der Waals surface area (Å²) in [5.41, 5.74) is 4.18. The maximum Gasteiger partial charge on any atom is 0.257 e. The van der Waals surface area contributed by atoms with Gasteiger partial charge in [0.15, 0.2) is 5.76 Å². The van der Waals surface area contributed by atoms with Crippen molar-refractivity contribution in [2.45, 2.75) is 32.1 Å². The van der Waals surface area contributed by atoms with Crippen molar-refractivity contribution < 1.29 is 23.5 Å². The van der Waals surface area contributed by atoms with E-state index >= 15 is 0 Å². The number of nitrogens with zero attached hydrogens (tertiary/aromatic N) is 3. The molecule has 1 N–H and O–H groups in total. The maximum atomic E-state index is 14.0. The Morgan fingerprint density at radius 1 is 1.10 bits per heavy atom. The summed E-state index contributed by atoms with van der Waals surface area (Å²) in [6, 6.07) is 10.1. The van der Waals surface area contributed by atoms with E-state index in [0.717, 1.165) is 75.0 Å². The second-order valence-corrected chi connectivity index (χ2v) is 11.9. The predicted octanol–water partition coefficient (Wildman–Crippen LogP) is 3.78. The third-order valence-corrected chi connectivity index (χ3v) is 8.67. The zero-order valence-electron chi connectivity index (χ0n) is 23.5. The first kappa shape index (κ1) is 27.2. The highest BCUT2D eigenvalue weighted by Crippen LogP contribution is 2.42. The normalized spacial score (nSPS) is 22.1. The number of Topliss-reactive ketones (excluding diaryl/α,β-unsaturated/α-hetero) is 1. The molecule has 41 heavy (non-hydrogen) atoms. The van der Waals surface area contributed by atoms with Gasteiger partial charge in [0, 0.05) is 57.8 Å². The summed E-state index contributed by atoms with van der Waals surface area (Å²) in [5.74, 6) is -0.647. The Balaban J connectivity index is 1.14. The number of rotatable bonds is 7. The Kier molecular flexibility index (Phi) is 7.15. The highest BCUT2D eigenvalue weighted by atomic mass is 19.1. The van der Waals surface area contributed by atoms with Crippen LogP contribution >= 0.6 is 0 Å². The molecule has 9 heteroatoms. The number of ether oxygens (including phenoxy) is 1. The Hall–Kier alpha value is -3.98. The molecule has 2 aromatic carbocycles. The molecule has 1 aliphatic carbocycles. The lowest BCUT2D eigenvalue weighted by Gasteiger charge is -2.28. The lowest BCUT2D eigenvalue weighted by molar-refractivity contribution is -0.117. The van der Waals surface area contributed by atoms with Gasteiger partial charge < -0.3 is 24.8 Å². The summed E-state index contributed by atoms with van der Waals surface area (Å²) >= 11 is 0. The number of carbonyl (C=O) groups excluding carboxylic acids is 3. The van der Waals surface area contributed by atoms with Gasteiger partial charge in [0.1, 0.15) is 11.6 Å². The van der Waals surface area contributed by atoms with Crippen LogP contribution in [0.25, 0.3) is 0 Å². The molecule has 2 saturated heterocycles. The lowest BCUT2D eigenvalue weighted by Crippen LogP contribution is -2.33. The number of amides is 2. The second kappa shape index (κ2) is 10.8. The van der Waals surface area contributed by atoms with E-state index in [-0.39, 0.29) is 40.6 Å². The van der Waals surface area contributed by atoms with Crippen molar-refractivity contribution in [3.8, 4) is 5.75 Å². The summed E-state index contributed by atoms with van der Waals surface area (Å²) in [6.45, 7) is 4.60. The van der Waals surface area contributed by atoms with Crippen LogP contribution in [0.4, 0.5) is 10.1 Å². The quantitative estimate of drug-likeness (QED) is 0.557. The molecule has 2 amide bonds. The summed E-state index contributed by atoms with van der Waals surface area (Å²) in [5, 5.41) is 2.94. The number of nitrogens with one attached hydrogen (secondary N) is 1. The third kappa shape index (κ3) is 5.51. The number of anilines is 1. The molecule has 4 aliphatic rings. The van der Waals surface area contributed by atoms with Crippen molar-refractivity contribution in [3.63, 3.8) is 0 Å². The van der Waals surface area contributed by atoms with Crippen LogP contribution < -0.4 is 10.1 Å². The molecular formula is C32H35FN4O4. The largest absolute Gasteiger partial charge is 0.451 e. The van der Waals surface area contributed by atoms with Gasteiger partial charge in [0.25, 0.3) is 5.91 Å². The number of hydrogen-bond donors (Lipinski definition) is 1. The molecule has 1 spiro atoms. The van der Waals surface area contributed by atoms with Gasteiger partial charge in [-0.15, -0.1) is 0 Å². The number of ketones is 1. The summed E-state index contributed by atoms with van der Waals surface area (Å²) in [4.78, 5) is 43.6. The Bertz CT molecular complexity index is 1480. The molecule has 0 bridgehead atoms. The fourth-order valence-corrected chi connectivity index (χ4v) is 6.45. The van der Waals surface area contributed by atoms with Crippen molar-refractivity contribution >= 4 is 23.3 Å². The molecule has 2 fully saturated rings. The number of fused-ring (bicyclic) bond motifs is 1. The highest BCUT2D eigenvalue weighted by molar-refractivity contribution is 6.00. The van der Waals surface area contributed by atoms with Gasteiger partial charge in [0.05, 0.1) is 17.7 Å². The van der Waals surface area contributed by atoms with Crippen molar-refractivity contribution in [2.24, 2.45) is 5.41 Å². The van der Waals surface area contributed by atoms with Crippen LogP contribution in [-0.4, -0.2) is 79.1 Å². The fourth-order valence-electron chi connectivity index (χ4n) is 6.45. The SMILES string of the molecule is CN(C)C(=O)c1cc(F)ccc1OC1=C(N2CCC3(CCN(CCc4ccc5c(c4)NC(=O)C5)C3)C2)C=CCC1=O. The summed E-state index contributed by atoms with van der Waals surface area (Å²) < 4.78 is 20.2. The maximum absolute atomic E-state index is 14.0. The van der Waals surface area contributed by atoms with Gasteiger partial charge in [0.2, 0.25) is 11.7 Å². The first-order valence-electron chi connectivity index (χ1n) is 14.2. The molecule has 0 aromatic heterocycles. The van der Waals surface area contributed by atoms with Crippen LogP contribution in [0.3, 0.4) is 0 Å². The van der Waals surface area contributed by atoms with Crippen molar-refractivity contribution in [1.82, 2.24) is 14.7 Å². The van der Waals surface area contributed by atoms with Crippen LogP contribution in [0.2, 0.25) is 0 Å². The van der Waals surface area contributed by atoms with Gasteiger partial charge in [-0.05, 0) is 67.3 Å². The van der Waals surface area contributed by atoms with Gasteiger partial charge in [-0.2, -0.15) is 0 Å². The molecule has 3 heterocycles. The van der Waals surface area contributed by atoms with Crippen molar-refractivity contribution in [1.29, 1.82) is 0 Å². The zero-order valence-corrected chi connectivity index (χ0v) is 23.5. The van der Waals surface area contributed by atoms with Crippen molar-refractivity contribution in [2.75, 3.05) is 52.1 Å². The number of allylic oxidation sites excluding steroid dienone is 3. The molecule has 0 saturated carbocycles. The first-order chi connectivity index (χ1) is 19.7. The lowest BCUT2D eigenvalue weighted by atomic mass is 9.86. The van der Waals surface area contributed by atoms with Crippen LogP contribution in [0.15, 0.2) is 60.0 Å². The van der Waals surface area contributed by atoms with E-state index in [1.165, 1.54) is 22.6 Å². The number of carbonyl (C=O) groups is 3. The van der Waals surface area contributed by atoms with Crippen LogP contribution in [-0.2, 0) is 22.4 Å². The molecule has 8 nitrogen and oxygen atoms in total. The number of halogens is 1. The van der Waals surface area contributed by atoms with Crippen LogP contribution in [0.5, 0.6) is 5.75 Å². The van der Waals surface area contributed by atoms with E-state index in [2.05, 4.69) is 33.3 Å². The molecule has 3 aliphatic heterocycles. The van der Waals surface area contributed by atoms with E-state index < -0.39 is 11.7 Å². The van der Waals surface area contributed by atoms with E-state index in [4.69, 9.17) is 4.74 Å². The van der Waals surface area contributed by atoms with E-state index in [9.17, 15) is 18.8 Å². The van der Waals surface area contributed by atoms with Gasteiger partial charge in [-0.3, -0.25) is 14.4 Å². The van der Waals surface area contributed by atoms with E-state index in [1.54, 1.807) is 14.1 Å². The average Bonchev–Trinajstić information content (AvgIpc) is 3.66. The Labute approximate surface area is 239 Å². The smallest absolute Gasteiger partial charge is 0.257 e. The number of hydrogen-bond acceptors (Lipinski definition) is 6. The summed E-state index contributed by atoms with van der Waals surface area (Å²) in [7, 11) is 3.19. The predicted molar refractivity (Wildman–Crippen MR) is 153 cm³/mol. The van der Waals surface area contributed by atoms with E-state index in [1.807, 2.05) is 12.2 Å². The highest BCUT2D eigenvalue weighted by Gasteiger charge is 2.44. The molecule has 1 unspecified atom stereocenters. The molecule has 6 rings (SSSR count). The molecule has 2 aromatic rings. The van der Waals surface area contributed by atoms with E-state index in [0.29, 0.717) is 6.42 Å². The minimum absolute atomic E-state index is 0.0581. The van der Waals surface area contributed by atoms with Crippen LogP contribution in [0, 0.1) is 11.2 Å². The standard InChI is InChI=1S/C32H35FN4O4/c1-35(2)31(40)24-18-23(33)8-9-28(24)41-30-26(4-3-5-27(30)38)37-15-12-32(20-37)11-14-36(19-32)13-10-21-6-7-22-17-29(39)34-25(22)16-21/h3-4,6-9,16,18H,5,10-15,17,19-20H2,1-2H3,(H,34,39). The number of benzene rings is 2.